The summed E-state index contributed by atoms with van der Waals surface area (Å²) in [4.78, 5) is 11.1. The summed E-state index contributed by atoms with van der Waals surface area (Å²) in [5, 5.41) is 10.1. The third kappa shape index (κ3) is 6.92. The van der Waals surface area contributed by atoms with E-state index in [1.54, 1.807) is 0 Å². The van der Waals surface area contributed by atoms with Crippen molar-refractivity contribution in [3.05, 3.63) is 0 Å². The summed E-state index contributed by atoms with van der Waals surface area (Å²) < 4.78 is 65.7. The number of carbonyl (C=O) groups is 1. The van der Waals surface area contributed by atoms with E-state index in [9.17, 15) is 26.7 Å². The number of thioether (sulfide) groups is 1. The first-order valence-electron chi connectivity index (χ1n) is 6.60. The minimum Gasteiger partial charge on any atom is -0.387 e. The molecule has 24 heavy (non-hydrogen) atoms. The van der Waals surface area contributed by atoms with Gasteiger partial charge in [-0.3, -0.25) is 13.2 Å². The molecule has 13 heteroatoms. The molecular weight excluding hydrogens is 388 g/mol. The lowest BCUT2D eigenvalue weighted by atomic mass is 10.00. The average molecular weight is 408 g/mol. The van der Waals surface area contributed by atoms with Crippen molar-refractivity contribution < 1.29 is 44.6 Å². The average Bonchev–Trinajstić information content (AvgIpc) is 2.39. The van der Waals surface area contributed by atoms with Crippen LogP contribution in [0, 0.1) is 0 Å². The molecule has 0 aliphatic carbocycles. The Kier molecular flexibility index (Phi) is 7.62. The van der Waals surface area contributed by atoms with Gasteiger partial charge in [-0.25, -0.2) is 0 Å². The summed E-state index contributed by atoms with van der Waals surface area (Å²) in [6.07, 6.45) is -5.57. The van der Waals surface area contributed by atoms with Crippen molar-refractivity contribution in [3.8, 4) is 0 Å². The molecule has 1 N–H and O–H groups in total. The van der Waals surface area contributed by atoms with Crippen LogP contribution in [0.3, 0.4) is 0 Å². The Morgan fingerprint density at radius 2 is 1.62 bits per heavy atom. The SMILES string of the molecule is CO[C@H]1O[C@H](CSC(C)=O)[C@@H](O)[C@H](OS(C)(=O)=O)[C@H]1OS(C)(=O)=O. The lowest BCUT2D eigenvalue weighted by Crippen LogP contribution is -2.61. The summed E-state index contributed by atoms with van der Waals surface area (Å²) in [6, 6.07) is 0. The van der Waals surface area contributed by atoms with Crippen LogP contribution in [0.5, 0.6) is 0 Å². The highest BCUT2D eigenvalue weighted by atomic mass is 32.2. The van der Waals surface area contributed by atoms with Crippen LogP contribution in [0.2, 0.25) is 0 Å². The molecule has 10 nitrogen and oxygen atoms in total. The van der Waals surface area contributed by atoms with Crippen LogP contribution in [-0.4, -0.2) is 83.1 Å². The van der Waals surface area contributed by atoms with Crippen molar-refractivity contribution in [2.75, 3.05) is 25.4 Å². The number of aliphatic hydroxyl groups excluding tert-OH is 1. The predicted molar refractivity (Wildman–Crippen MR) is 84.2 cm³/mol. The lowest BCUT2D eigenvalue weighted by molar-refractivity contribution is -0.272. The largest absolute Gasteiger partial charge is 0.387 e. The molecule has 0 spiro atoms. The van der Waals surface area contributed by atoms with Gasteiger partial charge in [0.25, 0.3) is 20.2 Å². The van der Waals surface area contributed by atoms with Crippen molar-refractivity contribution in [2.24, 2.45) is 0 Å². The molecule has 0 saturated carbocycles. The predicted octanol–water partition coefficient (Wildman–Crippen LogP) is -1.31. The molecule has 0 radical (unpaired) electrons. The maximum absolute atomic E-state index is 11.4. The topological polar surface area (TPSA) is 142 Å². The first-order valence-corrected chi connectivity index (χ1v) is 11.2. The number of hydrogen-bond acceptors (Lipinski definition) is 11. The Morgan fingerprint density at radius 3 is 2.04 bits per heavy atom. The first-order chi connectivity index (χ1) is 10.8. The molecule has 1 aliphatic rings. The van der Waals surface area contributed by atoms with Gasteiger partial charge in [-0.2, -0.15) is 16.8 Å². The van der Waals surface area contributed by atoms with Gasteiger partial charge in [-0.15, -0.1) is 0 Å². The van der Waals surface area contributed by atoms with Crippen molar-refractivity contribution in [1.82, 2.24) is 0 Å². The Balaban J connectivity index is 3.13. The molecule has 0 aromatic rings. The third-order valence-electron chi connectivity index (χ3n) is 2.87. The monoisotopic (exact) mass is 408 g/mol. The molecule has 5 atom stereocenters. The lowest BCUT2D eigenvalue weighted by Gasteiger charge is -2.42. The van der Waals surface area contributed by atoms with Crippen LogP contribution in [0.25, 0.3) is 0 Å². The van der Waals surface area contributed by atoms with Crippen LogP contribution >= 0.6 is 11.8 Å². The quantitative estimate of drug-likeness (QED) is 0.501. The Hall–Kier alpha value is -0.280. The highest BCUT2D eigenvalue weighted by molar-refractivity contribution is 8.13. The Bertz CT molecular complexity index is 643. The molecule has 0 aromatic carbocycles. The van der Waals surface area contributed by atoms with Crippen molar-refractivity contribution in [1.29, 1.82) is 0 Å². The van der Waals surface area contributed by atoms with Gasteiger partial charge in [-0.1, -0.05) is 11.8 Å². The number of carbonyl (C=O) groups excluding carboxylic acids is 1. The summed E-state index contributed by atoms with van der Waals surface area (Å²) >= 11 is 0.845. The van der Waals surface area contributed by atoms with Gasteiger partial charge in [0.15, 0.2) is 17.5 Å². The third-order valence-corrected chi connectivity index (χ3v) is 4.92. The number of rotatable bonds is 7. The normalized spacial score (nSPS) is 31.8. The fourth-order valence-corrected chi connectivity index (χ4v) is 3.94. The van der Waals surface area contributed by atoms with Crippen molar-refractivity contribution >= 4 is 37.1 Å². The van der Waals surface area contributed by atoms with E-state index in [1.165, 1.54) is 14.0 Å². The second-order valence-electron chi connectivity index (χ2n) is 5.10. The molecule has 1 aliphatic heterocycles. The van der Waals surface area contributed by atoms with Gasteiger partial charge in [-0.05, 0) is 0 Å². The molecule has 0 aromatic heterocycles. The zero-order chi connectivity index (χ0) is 18.7. The van der Waals surface area contributed by atoms with E-state index >= 15 is 0 Å². The van der Waals surface area contributed by atoms with Crippen LogP contribution < -0.4 is 0 Å². The smallest absolute Gasteiger partial charge is 0.264 e. The number of aliphatic hydroxyl groups is 1. The molecule has 0 unspecified atom stereocenters. The van der Waals surface area contributed by atoms with Crippen LogP contribution in [0.15, 0.2) is 0 Å². The minimum absolute atomic E-state index is 0.00836. The molecule has 1 saturated heterocycles. The van der Waals surface area contributed by atoms with Crippen molar-refractivity contribution in [3.63, 3.8) is 0 Å². The standard InChI is InChI=1S/C11H20O10S3/c1-6(12)22-5-7-8(13)9(20-23(3,14)15)10(11(18-2)19-7)21-24(4,16)17/h7-11,13H,5H2,1-4H3/t7-,8-,9+,10-,11+/m1/s1. The van der Waals surface area contributed by atoms with E-state index in [0.29, 0.717) is 0 Å². The molecular formula is C11H20O10S3. The van der Waals surface area contributed by atoms with E-state index in [2.05, 4.69) is 0 Å². The molecule has 142 valence electrons. The fourth-order valence-electron chi connectivity index (χ4n) is 2.03. The van der Waals surface area contributed by atoms with Gasteiger partial charge in [0, 0.05) is 19.8 Å². The van der Waals surface area contributed by atoms with E-state index in [-0.39, 0.29) is 10.9 Å². The molecule has 1 fully saturated rings. The van der Waals surface area contributed by atoms with E-state index in [4.69, 9.17) is 17.8 Å². The highest BCUT2D eigenvalue weighted by Crippen LogP contribution is 2.30. The van der Waals surface area contributed by atoms with Crippen LogP contribution in [0.1, 0.15) is 6.92 Å². The van der Waals surface area contributed by atoms with E-state index < -0.39 is 50.9 Å². The Morgan fingerprint density at radius 1 is 1.12 bits per heavy atom. The van der Waals surface area contributed by atoms with Crippen LogP contribution in [-0.2, 0) is 42.9 Å². The zero-order valence-corrected chi connectivity index (χ0v) is 15.9. The number of ether oxygens (including phenoxy) is 2. The van der Waals surface area contributed by atoms with Gasteiger partial charge >= 0.3 is 0 Å². The highest BCUT2D eigenvalue weighted by Gasteiger charge is 2.50. The minimum atomic E-state index is -4.05. The summed E-state index contributed by atoms with van der Waals surface area (Å²) in [5.74, 6) is -0.00836. The number of methoxy groups -OCH3 is 1. The van der Waals surface area contributed by atoms with Gasteiger partial charge in [0.2, 0.25) is 0 Å². The van der Waals surface area contributed by atoms with Gasteiger partial charge in [0.1, 0.15) is 12.2 Å². The van der Waals surface area contributed by atoms with E-state index in [0.717, 1.165) is 24.3 Å². The van der Waals surface area contributed by atoms with Gasteiger partial charge < -0.3 is 14.6 Å². The molecule has 1 rings (SSSR count). The second-order valence-corrected chi connectivity index (χ2v) is 9.50. The molecule has 1 heterocycles. The van der Waals surface area contributed by atoms with Crippen molar-refractivity contribution in [2.45, 2.75) is 37.6 Å². The second kappa shape index (κ2) is 8.40. The summed E-state index contributed by atoms with van der Waals surface area (Å²) in [6.45, 7) is 1.31. The zero-order valence-electron chi connectivity index (χ0n) is 13.4. The first kappa shape index (κ1) is 21.8. The molecule has 0 bridgehead atoms. The summed E-state index contributed by atoms with van der Waals surface area (Å²) in [5.41, 5.74) is 0. The number of hydrogen-bond donors (Lipinski definition) is 1. The maximum Gasteiger partial charge on any atom is 0.264 e. The maximum atomic E-state index is 11.4. The van der Waals surface area contributed by atoms with Crippen LogP contribution in [0.4, 0.5) is 0 Å². The van der Waals surface area contributed by atoms with E-state index in [1.807, 2.05) is 0 Å². The van der Waals surface area contributed by atoms with Gasteiger partial charge in [0.05, 0.1) is 18.6 Å². The fraction of sp³-hybridized carbons (Fsp3) is 0.909. The Labute approximate surface area is 145 Å². The molecule has 0 amide bonds. The summed E-state index contributed by atoms with van der Waals surface area (Å²) in [7, 11) is -6.89.